The molecule has 1 rings (SSSR count). The van der Waals surface area contributed by atoms with E-state index in [2.05, 4.69) is 0 Å². The molecule has 5 heteroatoms. The van der Waals surface area contributed by atoms with Crippen molar-refractivity contribution in [3.05, 3.63) is 40.1 Å². The van der Waals surface area contributed by atoms with Gasteiger partial charge in [0.25, 0.3) is 0 Å². The second-order valence-electron chi connectivity index (χ2n) is 3.32. The first-order valence-corrected chi connectivity index (χ1v) is 5.48. The number of ether oxygens (including phenoxy) is 1. The Morgan fingerprint density at radius 2 is 2.31 bits per heavy atom. The van der Waals surface area contributed by atoms with Crippen LogP contribution in [-0.4, -0.2) is 6.61 Å². The number of benzene rings is 1. The summed E-state index contributed by atoms with van der Waals surface area (Å²) in [6, 6.07) is 4.36. The molecule has 0 aliphatic rings. The predicted molar refractivity (Wildman–Crippen MR) is 64.3 cm³/mol. The lowest BCUT2D eigenvalue weighted by atomic mass is 10.1. The molecule has 0 saturated heterocycles. The van der Waals surface area contributed by atoms with Gasteiger partial charge in [-0.3, -0.25) is 0 Å². The van der Waals surface area contributed by atoms with E-state index in [1.54, 1.807) is 13.0 Å². The molecule has 1 aromatic carbocycles. The molecule has 1 atom stereocenters. The number of hydrogen-bond donors (Lipinski definition) is 1. The number of rotatable bonds is 4. The summed E-state index contributed by atoms with van der Waals surface area (Å²) in [5.74, 6) is -0.338. The van der Waals surface area contributed by atoms with Gasteiger partial charge in [0.05, 0.1) is 5.03 Å². The Morgan fingerprint density at radius 3 is 2.81 bits per heavy atom. The van der Waals surface area contributed by atoms with E-state index in [0.29, 0.717) is 10.6 Å². The van der Waals surface area contributed by atoms with Crippen LogP contribution in [0.25, 0.3) is 0 Å². The van der Waals surface area contributed by atoms with Crippen LogP contribution in [0.3, 0.4) is 0 Å². The monoisotopic (exact) mass is 263 g/mol. The molecule has 2 nitrogen and oxygen atoms in total. The number of nitrogens with two attached hydrogens (primary N) is 1. The van der Waals surface area contributed by atoms with Crippen LogP contribution in [0.2, 0.25) is 0 Å². The first-order valence-electron chi connectivity index (χ1n) is 4.67. The molecule has 16 heavy (non-hydrogen) atoms. The first kappa shape index (κ1) is 13.3. The summed E-state index contributed by atoms with van der Waals surface area (Å²) in [6.07, 6.45) is 0. The molecule has 0 aromatic heterocycles. The van der Waals surface area contributed by atoms with E-state index >= 15 is 0 Å². The smallest absolute Gasteiger partial charge is 0.165 e. The maximum atomic E-state index is 13.5. The molecular formula is C11H12Cl2FNO. The molecule has 0 aliphatic carbocycles. The van der Waals surface area contributed by atoms with Gasteiger partial charge in [0.1, 0.15) is 6.61 Å². The van der Waals surface area contributed by atoms with Gasteiger partial charge in [-0.15, -0.1) is 0 Å². The second kappa shape index (κ2) is 6.09. The summed E-state index contributed by atoms with van der Waals surface area (Å²) >= 11 is 11.0. The summed E-state index contributed by atoms with van der Waals surface area (Å²) in [6.45, 7) is 1.82. The van der Waals surface area contributed by atoms with Gasteiger partial charge in [0.15, 0.2) is 11.6 Å². The predicted octanol–water partition coefficient (Wildman–Crippen LogP) is 3.54. The van der Waals surface area contributed by atoms with Gasteiger partial charge in [0, 0.05) is 11.6 Å². The van der Waals surface area contributed by atoms with Crippen molar-refractivity contribution >= 4 is 23.2 Å². The summed E-state index contributed by atoms with van der Waals surface area (Å²) < 4.78 is 18.6. The molecule has 2 N–H and O–H groups in total. The summed E-state index contributed by atoms with van der Waals surface area (Å²) in [7, 11) is 0. The Morgan fingerprint density at radius 1 is 1.62 bits per heavy atom. The minimum absolute atomic E-state index is 0.0412. The standard InChI is InChI=1S/C11H12Cl2FNO/c1-7(15)8-2-3-11(10(14)4-8)16-6-9(13)5-12/h2-5,7H,6,15H2,1H3/b9-5-. The van der Waals surface area contributed by atoms with E-state index in [-0.39, 0.29) is 18.4 Å². The molecule has 1 aromatic rings. The average Bonchev–Trinajstić information content (AvgIpc) is 2.26. The van der Waals surface area contributed by atoms with Gasteiger partial charge in [0.2, 0.25) is 0 Å². The van der Waals surface area contributed by atoms with Crippen molar-refractivity contribution in [1.29, 1.82) is 0 Å². The molecule has 0 bridgehead atoms. The molecule has 0 heterocycles. The Bertz CT molecular complexity index is 394. The fourth-order valence-corrected chi connectivity index (χ4v) is 1.21. The third kappa shape index (κ3) is 3.67. The first-order chi connectivity index (χ1) is 7.54. The lowest BCUT2D eigenvalue weighted by Gasteiger charge is -2.09. The van der Waals surface area contributed by atoms with E-state index in [4.69, 9.17) is 33.7 Å². The van der Waals surface area contributed by atoms with Crippen LogP contribution in [0.5, 0.6) is 5.75 Å². The highest BCUT2D eigenvalue weighted by Crippen LogP contribution is 2.22. The highest BCUT2D eigenvalue weighted by Gasteiger charge is 2.07. The van der Waals surface area contributed by atoms with E-state index < -0.39 is 5.82 Å². The zero-order valence-corrected chi connectivity index (χ0v) is 10.2. The molecule has 1 unspecified atom stereocenters. The normalized spacial score (nSPS) is 13.7. The minimum Gasteiger partial charge on any atom is -0.485 e. The summed E-state index contributed by atoms with van der Waals surface area (Å²) in [4.78, 5) is 0. The van der Waals surface area contributed by atoms with Gasteiger partial charge in [-0.25, -0.2) is 4.39 Å². The van der Waals surface area contributed by atoms with Crippen LogP contribution >= 0.6 is 23.2 Å². The highest BCUT2D eigenvalue weighted by atomic mass is 35.5. The van der Waals surface area contributed by atoms with Crippen LogP contribution in [-0.2, 0) is 0 Å². The topological polar surface area (TPSA) is 35.2 Å². The third-order valence-electron chi connectivity index (χ3n) is 1.97. The molecule has 0 saturated carbocycles. The highest BCUT2D eigenvalue weighted by molar-refractivity contribution is 6.36. The zero-order valence-electron chi connectivity index (χ0n) is 8.71. The van der Waals surface area contributed by atoms with E-state index in [1.165, 1.54) is 17.7 Å². The van der Waals surface area contributed by atoms with Crippen molar-refractivity contribution in [2.45, 2.75) is 13.0 Å². The molecule has 0 radical (unpaired) electrons. The third-order valence-corrected chi connectivity index (χ3v) is 2.56. The fraction of sp³-hybridized carbons (Fsp3) is 0.273. The SMILES string of the molecule is CC(N)c1ccc(OC/C(Cl)=C/Cl)c(F)c1. The van der Waals surface area contributed by atoms with Crippen molar-refractivity contribution < 1.29 is 9.13 Å². The van der Waals surface area contributed by atoms with Crippen LogP contribution in [0.4, 0.5) is 4.39 Å². The molecule has 88 valence electrons. The average molecular weight is 264 g/mol. The van der Waals surface area contributed by atoms with E-state index in [1.807, 2.05) is 0 Å². The lowest BCUT2D eigenvalue weighted by molar-refractivity contribution is 0.338. The van der Waals surface area contributed by atoms with Crippen LogP contribution in [0.1, 0.15) is 18.5 Å². The maximum Gasteiger partial charge on any atom is 0.165 e. The van der Waals surface area contributed by atoms with Gasteiger partial charge in [-0.1, -0.05) is 29.3 Å². The van der Waals surface area contributed by atoms with E-state index in [9.17, 15) is 4.39 Å². The van der Waals surface area contributed by atoms with Crippen molar-refractivity contribution in [2.24, 2.45) is 5.73 Å². The van der Waals surface area contributed by atoms with Crippen molar-refractivity contribution in [2.75, 3.05) is 6.61 Å². The van der Waals surface area contributed by atoms with E-state index in [0.717, 1.165) is 0 Å². The molecule has 0 aliphatic heterocycles. The second-order valence-corrected chi connectivity index (χ2v) is 4.03. The fourth-order valence-electron chi connectivity index (χ4n) is 1.10. The minimum atomic E-state index is -0.464. The Hall–Kier alpha value is -0.770. The molecule has 0 spiro atoms. The van der Waals surface area contributed by atoms with Gasteiger partial charge < -0.3 is 10.5 Å². The van der Waals surface area contributed by atoms with Crippen LogP contribution in [0.15, 0.2) is 28.8 Å². The zero-order chi connectivity index (χ0) is 12.1. The van der Waals surface area contributed by atoms with Crippen molar-refractivity contribution in [3.8, 4) is 5.75 Å². The van der Waals surface area contributed by atoms with Crippen molar-refractivity contribution in [3.63, 3.8) is 0 Å². The molecule has 0 fully saturated rings. The Labute approximate surface area is 104 Å². The van der Waals surface area contributed by atoms with Crippen molar-refractivity contribution in [1.82, 2.24) is 0 Å². The lowest BCUT2D eigenvalue weighted by Crippen LogP contribution is -2.06. The number of hydrogen-bond acceptors (Lipinski definition) is 2. The van der Waals surface area contributed by atoms with Crippen LogP contribution < -0.4 is 10.5 Å². The Kier molecular flexibility index (Phi) is 5.06. The largest absolute Gasteiger partial charge is 0.485 e. The quantitative estimate of drug-likeness (QED) is 0.902. The maximum absolute atomic E-state index is 13.5. The Balaban J connectivity index is 2.75. The number of halogens is 3. The van der Waals surface area contributed by atoms with Crippen LogP contribution in [0, 0.1) is 5.82 Å². The molecule has 0 amide bonds. The summed E-state index contributed by atoms with van der Waals surface area (Å²) in [5, 5.41) is 0.303. The van der Waals surface area contributed by atoms with Gasteiger partial charge in [-0.05, 0) is 24.6 Å². The van der Waals surface area contributed by atoms with Gasteiger partial charge in [-0.2, -0.15) is 0 Å². The molecular weight excluding hydrogens is 252 g/mol. The summed E-state index contributed by atoms with van der Waals surface area (Å²) in [5.41, 5.74) is 7.51. The van der Waals surface area contributed by atoms with Gasteiger partial charge >= 0.3 is 0 Å².